The maximum absolute atomic E-state index is 12.9. The molecule has 3 aromatic rings. The lowest BCUT2D eigenvalue weighted by Gasteiger charge is -2.31. The number of hydrogen-bond acceptors (Lipinski definition) is 5. The molecule has 1 atom stereocenters. The van der Waals surface area contributed by atoms with Crippen LogP contribution in [0.5, 0.6) is 0 Å². The highest BCUT2D eigenvalue weighted by Crippen LogP contribution is 2.31. The summed E-state index contributed by atoms with van der Waals surface area (Å²) < 4.78 is 0. The maximum atomic E-state index is 12.9. The SMILES string of the molecule is O=C(Nc1ccccc1)C1CC(=O)N(Cc2cccs2)C(=Nc2ccccc2)S1. The molecule has 2 amide bonds. The summed E-state index contributed by atoms with van der Waals surface area (Å²) in [6, 6.07) is 22.7. The van der Waals surface area contributed by atoms with Gasteiger partial charge in [-0.3, -0.25) is 14.5 Å². The van der Waals surface area contributed by atoms with Crippen molar-refractivity contribution in [3.8, 4) is 0 Å². The first-order valence-corrected chi connectivity index (χ1v) is 10.9. The summed E-state index contributed by atoms with van der Waals surface area (Å²) in [7, 11) is 0. The van der Waals surface area contributed by atoms with Crippen molar-refractivity contribution >= 4 is 51.5 Å². The van der Waals surface area contributed by atoms with Crippen LogP contribution in [0.4, 0.5) is 11.4 Å². The van der Waals surface area contributed by atoms with Gasteiger partial charge in [0.15, 0.2) is 5.17 Å². The number of amidine groups is 1. The van der Waals surface area contributed by atoms with Crippen LogP contribution in [0.25, 0.3) is 0 Å². The molecule has 1 fully saturated rings. The first-order chi connectivity index (χ1) is 14.2. The molecule has 1 aliphatic rings. The van der Waals surface area contributed by atoms with Gasteiger partial charge >= 0.3 is 0 Å². The maximum Gasteiger partial charge on any atom is 0.238 e. The summed E-state index contributed by atoms with van der Waals surface area (Å²) in [5, 5.41) is 4.91. The molecular weight excluding hydrogens is 402 g/mol. The van der Waals surface area contributed by atoms with Crippen LogP contribution < -0.4 is 5.32 Å². The number of thiophene rings is 1. The molecule has 29 heavy (non-hydrogen) atoms. The molecule has 2 heterocycles. The molecule has 2 aromatic carbocycles. The molecule has 1 N–H and O–H groups in total. The van der Waals surface area contributed by atoms with E-state index < -0.39 is 5.25 Å². The van der Waals surface area contributed by atoms with Crippen molar-refractivity contribution in [1.29, 1.82) is 0 Å². The Morgan fingerprint density at radius 1 is 1.03 bits per heavy atom. The van der Waals surface area contributed by atoms with E-state index in [1.807, 2.05) is 78.2 Å². The third kappa shape index (κ3) is 4.93. The quantitative estimate of drug-likeness (QED) is 0.637. The number of nitrogens with one attached hydrogen (secondary N) is 1. The largest absolute Gasteiger partial charge is 0.325 e. The van der Waals surface area contributed by atoms with Crippen molar-refractivity contribution in [3.63, 3.8) is 0 Å². The molecule has 0 radical (unpaired) electrons. The van der Waals surface area contributed by atoms with Gasteiger partial charge in [0.05, 0.1) is 12.2 Å². The smallest absolute Gasteiger partial charge is 0.238 e. The number of hydrogen-bond donors (Lipinski definition) is 1. The average Bonchev–Trinajstić information content (AvgIpc) is 3.25. The molecule has 0 aliphatic carbocycles. The Hall–Kier alpha value is -2.90. The Morgan fingerprint density at radius 2 is 1.76 bits per heavy atom. The fourth-order valence-corrected chi connectivity index (χ4v) is 4.70. The summed E-state index contributed by atoms with van der Waals surface area (Å²) in [6.45, 7) is 0.461. The van der Waals surface area contributed by atoms with Crippen molar-refractivity contribution in [2.45, 2.75) is 18.2 Å². The number of rotatable bonds is 5. The van der Waals surface area contributed by atoms with Gasteiger partial charge in [-0.1, -0.05) is 54.2 Å². The number of benzene rings is 2. The highest BCUT2D eigenvalue weighted by Gasteiger charge is 2.36. The number of carbonyl (C=O) groups is 2. The molecule has 1 aromatic heterocycles. The molecule has 1 aliphatic heterocycles. The first-order valence-electron chi connectivity index (χ1n) is 9.18. The van der Waals surface area contributed by atoms with Crippen molar-refractivity contribution in [1.82, 2.24) is 4.90 Å². The number of thioether (sulfide) groups is 1. The minimum absolute atomic E-state index is 0.0972. The lowest BCUT2D eigenvalue weighted by molar-refractivity contribution is -0.129. The summed E-state index contributed by atoms with van der Waals surface area (Å²) in [5.41, 5.74) is 1.47. The third-order valence-electron chi connectivity index (χ3n) is 4.35. The van der Waals surface area contributed by atoms with Crippen LogP contribution in [0.3, 0.4) is 0 Å². The Kier molecular flexibility index (Phi) is 6.07. The number of para-hydroxylation sites is 2. The molecule has 4 rings (SSSR count). The van der Waals surface area contributed by atoms with Gasteiger partial charge in [-0.05, 0) is 35.7 Å². The summed E-state index contributed by atoms with van der Waals surface area (Å²) in [6.07, 6.45) is 0.141. The van der Waals surface area contributed by atoms with E-state index in [1.54, 1.807) is 16.2 Å². The lowest BCUT2D eigenvalue weighted by Crippen LogP contribution is -2.44. The lowest BCUT2D eigenvalue weighted by atomic mass is 10.2. The zero-order valence-corrected chi connectivity index (χ0v) is 17.2. The van der Waals surface area contributed by atoms with E-state index in [1.165, 1.54) is 11.8 Å². The average molecular weight is 422 g/mol. The molecule has 5 nitrogen and oxygen atoms in total. The Bertz CT molecular complexity index is 1010. The van der Waals surface area contributed by atoms with Crippen LogP contribution in [0.15, 0.2) is 83.2 Å². The van der Waals surface area contributed by atoms with Gasteiger partial charge in [0.1, 0.15) is 5.25 Å². The van der Waals surface area contributed by atoms with Crippen LogP contribution in [0.2, 0.25) is 0 Å². The number of nitrogens with zero attached hydrogens (tertiary/aromatic N) is 2. The number of amides is 2. The number of carbonyl (C=O) groups excluding carboxylic acids is 2. The van der Waals surface area contributed by atoms with Crippen LogP contribution in [0, 0.1) is 0 Å². The Morgan fingerprint density at radius 3 is 2.45 bits per heavy atom. The van der Waals surface area contributed by atoms with Gasteiger partial charge in [-0.15, -0.1) is 11.3 Å². The monoisotopic (exact) mass is 421 g/mol. The van der Waals surface area contributed by atoms with Crippen molar-refractivity contribution in [2.24, 2.45) is 4.99 Å². The predicted octanol–water partition coefficient (Wildman–Crippen LogP) is 4.91. The van der Waals surface area contributed by atoms with Crippen LogP contribution in [0.1, 0.15) is 11.3 Å². The second kappa shape index (κ2) is 9.07. The molecule has 0 spiro atoms. The van der Waals surface area contributed by atoms with E-state index in [2.05, 4.69) is 10.3 Å². The number of anilines is 1. The van der Waals surface area contributed by atoms with Gasteiger partial charge in [0, 0.05) is 17.0 Å². The molecule has 7 heteroatoms. The van der Waals surface area contributed by atoms with E-state index in [0.29, 0.717) is 17.4 Å². The van der Waals surface area contributed by atoms with Gasteiger partial charge in [0.2, 0.25) is 11.8 Å². The fourth-order valence-electron chi connectivity index (χ4n) is 2.91. The standard InChI is InChI=1S/C22H19N3O2S2/c26-20-14-19(21(27)23-16-8-3-1-4-9-16)29-22(24-17-10-5-2-6-11-17)25(20)15-18-12-7-13-28-18/h1-13,19H,14-15H2,(H,23,27). The van der Waals surface area contributed by atoms with Gasteiger partial charge < -0.3 is 5.32 Å². The zero-order chi connectivity index (χ0) is 20.1. The van der Waals surface area contributed by atoms with Crippen molar-refractivity contribution in [2.75, 3.05) is 5.32 Å². The first kappa shape index (κ1) is 19.4. The Balaban J connectivity index is 1.58. The minimum Gasteiger partial charge on any atom is -0.325 e. The van der Waals surface area contributed by atoms with E-state index >= 15 is 0 Å². The van der Waals surface area contributed by atoms with Crippen molar-refractivity contribution < 1.29 is 9.59 Å². The number of aliphatic imine (C=N–C) groups is 1. The van der Waals surface area contributed by atoms with E-state index in [9.17, 15) is 9.59 Å². The van der Waals surface area contributed by atoms with E-state index in [-0.39, 0.29) is 18.2 Å². The van der Waals surface area contributed by atoms with E-state index in [0.717, 1.165) is 10.6 Å². The zero-order valence-electron chi connectivity index (χ0n) is 15.5. The normalized spacial score (nSPS) is 18.1. The minimum atomic E-state index is -0.523. The molecule has 0 bridgehead atoms. The second-order valence-corrected chi connectivity index (χ2v) is 8.66. The fraction of sp³-hybridized carbons (Fsp3) is 0.136. The van der Waals surface area contributed by atoms with Crippen LogP contribution in [-0.2, 0) is 16.1 Å². The topological polar surface area (TPSA) is 61.8 Å². The van der Waals surface area contributed by atoms with Gasteiger partial charge in [-0.2, -0.15) is 0 Å². The van der Waals surface area contributed by atoms with Crippen molar-refractivity contribution in [3.05, 3.63) is 83.1 Å². The molecule has 1 unspecified atom stereocenters. The highest BCUT2D eigenvalue weighted by atomic mass is 32.2. The van der Waals surface area contributed by atoms with Gasteiger partial charge in [0.25, 0.3) is 0 Å². The molecular formula is C22H19N3O2S2. The summed E-state index contributed by atoms with van der Waals surface area (Å²) in [5.74, 6) is -0.286. The third-order valence-corrected chi connectivity index (χ3v) is 6.40. The Labute approximate surface area is 177 Å². The highest BCUT2D eigenvalue weighted by molar-refractivity contribution is 8.15. The van der Waals surface area contributed by atoms with E-state index in [4.69, 9.17) is 0 Å². The van der Waals surface area contributed by atoms with Crippen LogP contribution >= 0.6 is 23.1 Å². The summed E-state index contributed by atoms with van der Waals surface area (Å²) in [4.78, 5) is 33.2. The molecule has 146 valence electrons. The predicted molar refractivity (Wildman–Crippen MR) is 119 cm³/mol. The molecule has 0 saturated carbocycles. The molecule has 1 saturated heterocycles. The second-order valence-electron chi connectivity index (χ2n) is 6.46. The van der Waals surface area contributed by atoms with Gasteiger partial charge in [-0.25, -0.2) is 4.99 Å². The summed E-state index contributed by atoms with van der Waals surface area (Å²) >= 11 is 2.93. The van der Waals surface area contributed by atoms with Crippen LogP contribution in [-0.4, -0.2) is 27.1 Å².